The van der Waals surface area contributed by atoms with Crippen molar-refractivity contribution in [3.05, 3.63) is 27.4 Å². The molecule has 0 saturated heterocycles. The number of carbonyl (C=O) groups is 2. The number of esters is 1. The van der Waals surface area contributed by atoms with Crippen molar-refractivity contribution in [3.63, 3.8) is 0 Å². The normalized spacial score (nSPS) is 11.5. The number of rotatable bonds is 7. The molecule has 0 aliphatic carbocycles. The van der Waals surface area contributed by atoms with Crippen LogP contribution in [0.2, 0.25) is 5.15 Å². The number of methoxy groups -OCH3 is 1. The van der Waals surface area contributed by atoms with Gasteiger partial charge in [0.2, 0.25) is 5.82 Å². The summed E-state index contributed by atoms with van der Waals surface area (Å²) in [5.74, 6) is -2.10. The number of aromatic nitrogens is 1. The molecule has 0 amide bonds. The van der Waals surface area contributed by atoms with E-state index in [-0.39, 0.29) is 29.5 Å². The first kappa shape index (κ1) is 16.6. The SMILES string of the molecule is COC(=O)[C@H](CCC(=O)O)Nc1nc(Cl)ccc1[N+](=O)[O-]. The lowest BCUT2D eigenvalue weighted by atomic mass is 10.1. The van der Waals surface area contributed by atoms with Crippen LogP contribution in [0.3, 0.4) is 0 Å². The maximum Gasteiger partial charge on any atom is 0.328 e. The topological polar surface area (TPSA) is 132 Å². The number of carboxylic acids is 1. The van der Waals surface area contributed by atoms with E-state index >= 15 is 0 Å². The van der Waals surface area contributed by atoms with Crippen LogP contribution in [-0.4, -0.2) is 40.1 Å². The second-order valence-corrected chi connectivity index (χ2v) is 4.30. The molecule has 10 heteroatoms. The maximum absolute atomic E-state index is 11.6. The molecule has 0 unspecified atom stereocenters. The van der Waals surface area contributed by atoms with Crippen molar-refractivity contribution in [3.8, 4) is 0 Å². The number of nitrogens with one attached hydrogen (secondary N) is 1. The van der Waals surface area contributed by atoms with Crippen molar-refractivity contribution in [1.82, 2.24) is 4.98 Å². The third-order valence-corrected chi connectivity index (χ3v) is 2.69. The quantitative estimate of drug-likeness (QED) is 0.334. The highest BCUT2D eigenvalue weighted by atomic mass is 35.5. The summed E-state index contributed by atoms with van der Waals surface area (Å²) in [6.45, 7) is 0. The van der Waals surface area contributed by atoms with Gasteiger partial charge in [-0.15, -0.1) is 0 Å². The second kappa shape index (κ2) is 7.39. The van der Waals surface area contributed by atoms with Crippen LogP contribution in [0.15, 0.2) is 12.1 Å². The molecule has 1 rings (SSSR count). The largest absolute Gasteiger partial charge is 0.481 e. The van der Waals surface area contributed by atoms with Crippen LogP contribution in [0, 0.1) is 10.1 Å². The summed E-state index contributed by atoms with van der Waals surface area (Å²) in [7, 11) is 1.12. The van der Waals surface area contributed by atoms with Crippen molar-refractivity contribution < 1.29 is 24.4 Å². The summed E-state index contributed by atoms with van der Waals surface area (Å²) in [5, 5.41) is 22.0. The number of carbonyl (C=O) groups excluding carboxylic acids is 1. The van der Waals surface area contributed by atoms with Gasteiger partial charge in [0, 0.05) is 12.5 Å². The van der Waals surface area contributed by atoms with E-state index in [4.69, 9.17) is 16.7 Å². The average Bonchev–Trinajstić information content (AvgIpc) is 2.42. The van der Waals surface area contributed by atoms with Crippen LogP contribution in [0.25, 0.3) is 0 Å². The van der Waals surface area contributed by atoms with Gasteiger partial charge in [0.05, 0.1) is 12.0 Å². The molecule has 9 nitrogen and oxygen atoms in total. The smallest absolute Gasteiger partial charge is 0.328 e. The number of carboxylic acid groups (broad SMARTS) is 1. The first-order valence-corrected chi connectivity index (χ1v) is 6.10. The van der Waals surface area contributed by atoms with Crippen LogP contribution in [0.4, 0.5) is 11.5 Å². The van der Waals surface area contributed by atoms with Crippen LogP contribution >= 0.6 is 11.6 Å². The molecule has 0 aliphatic rings. The van der Waals surface area contributed by atoms with E-state index in [0.29, 0.717) is 0 Å². The van der Waals surface area contributed by atoms with Crippen molar-refractivity contribution in [2.45, 2.75) is 18.9 Å². The zero-order valence-corrected chi connectivity index (χ0v) is 11.7. The van der Waals surface area contributed by atoms with E-state index in [2.05, 4.69) is 15.0 Å². The number of halogens is 1. The maximum atomic E-state index is 11.6. The number of ether oxygens (including phenoxy) is 1. The van der Waals surface area contributed by atoms with Crippen LogP contribution < -0.4 is 5.32 Å². The summed E-state index contributed by atoms with van der Waals surface area (Å²) in [5.41, 5.74) is -0.386. The van der Waals surface area contributed by atoms with Gasteiger partial charge in [-0.05, 0) is 12.5 Å². The Kier molecular flexibility index (Phi) is 5.85. The molecule has 0 aliphatic heterocycles. The van der Waals surface area contributed by atoms with Crippen LogP contribution in [0.1, 0.15) is 12.8 Å². The summed E-state index contributed by atoms with van der Waals surface area (Å²) in [6, 6.07) is 1.27. The van der Waals surface area contributed by atoms with Crippen molar-refractivity contribution in [1.29, 1.82) is 0 Å². The first-order chi connectivity index (χ1) is 9.85. The highest BCUT2D eigenvalue weighted by molar-refractivity contribution is 6.29. The molecule has 0 radical (unpaired) electrons. The van der Waals surface area contributed by atoms with Crippen molar-refractivity contribution >= 4 is 35.0 Å². The lowest BCUT2D eigenvalue weighted by Gasteiger charge is -2.16. The van der Waals surface area contributed by atoms with E-state index in [1.165, 1.54) is 6.07 Å². The Bertz CT molecular complexity index is 565. The molecule has 0 aromatic carbocycles. The van der Waals surface area contributed by atoms with Gasteiger partial charge in [0.1, 0.15) is 11.2 Å². The van der Waals surface area contributed by atoms with Crippen molar-refractivity contribution in [2.75, 3.05) is 12.4 Å². The van der Waals surface area contributed by atoms with Crippen LogP contribution in [0.5, 0.6) is 0 Å². The number of nitro groups is 1. The van der Waals surface area contributed by atoms with Crippen LogP contribution in [-0.2, 0) is 14.3 Å². The fourth-order valence-corrected chi connectivity index (χ4v) is 1.65. The predicted octanol–water partition coefficient (Wildman–Crippen LogP) is 1.46. The van der Waals surface area contributed by atoms with Gasteiger partial charge in [-0.3, -0.25) is 14.9 Å². The predicted molar refractivity (Wildman–Crippen MR) is 72.2 cm³/mol. The Hall–Kier alpha value is -2.42. The molecule has 21 heavy (non-hydrogen) atoms. The number of nitrogens with zero attached hydrogens (tertiary/aromatic N) is 2. The Morgan fingerprint density at radius 2 is 2.24 bits per heavy atom. The second-order valence-electron chi connectivity index (χ2n) is 3.91. The Morgan fingerprint density at radius 1 is 1.57 bits per heavy atom. The van der Waals surface area contributed by atoms with Gasteiger partial charge < -0.3 is 15.2 Å². The van der Waals surface area contributed by atoms with Gasteiger partial charge in [-0.25, -0.2) is 9.78 Å². The third-order valence-electron chi connectivity index (χ3n) is 2.48. The van der Waals surface area contributed by atoms with Gasteiger partial charge in [0.25, 0.3) is 0 Å². The Labute approximate surface area is 124 Å². The van der Waals surface area contributed by atoms with E-state index in [0.717, 1.165) is 13.2 Å². The summed E-state index contributed by atoms with van der Waals surface area (Å²) >= 11 is 5.66. The van der Waals surface area contributed by atoms with Gasteiger partial charge in [0.15, 0.2) is 0 Å². The number of pyridine rings is 1. The van der Waals surface area contributed by atoms with Gasteiger partial charge >= 0.3 is 17.6 Å². The molecule has 1 atom stereocenters. The molecule has 0 bridgehead atoms. The molecule has 0 spiro atoms. The van der Waals surface area contributed by atoms with Crippen molar-refractivity contribution in [2.24, 2.45) is 0 Å². The third kappa shape index (κ3) is 4.88. The fourth-order valence-electron chi connectivity index (χ4n) is 1.51. The van der Waals surface area contributed by atoms with E-state index in [9.17, 15) is 19.7 Å². The number of aliphatic carboxylic acids is 1. The number of hydrogen-bond donors (Lipinski definition) is 2. The minimum Gasteiger partial charge on any atom is -0.481 e. The summed E-state index contributed by atoms with van der Waals surface area (Å²) < 4.78 is 4.52. The van der Waals surface area contributed by atoms with E-state index < -0.39 is 22.9 Å². The zero-order chi connectivity index (χ0) is 16.0. The summed E-state index contributed by atoms with van der Waals surface area (Å²) in [6.07, 6.45) is -0.436. The standard InChI is InChI=1S/C11H12ClN3O6/c1-21-11(18)6(2-5-9(16)17)13-10-7(15(19)20)3-4-8(12)14-10/h3-4,6H,2,5H2,1H3,(H,13,14)(H,16,17)/t6-/m0/s1. The van der Waals surface area contributed by atoms with Gasteiger partial charge in [-0.2, -0.15) is 0 Å². The monoisotopic (exact) mass is 317 g/mol. The average molecular weight is 318 g/mol. The molecule has 1 heterocycles. The lowest BCUT2D eigenvalue weighted by Crippen LogP contribution is -2.32. The summed E-state index contributed by atoms with van der Waals surface area (Å²) in [4.78, 5) is 36.1. The fraction of sp³-hybridized carbons (Fsp3) is 0.364. The molecular weight excluding hydrogens is 306 g/mol. The van der Waals surface area contributed by atoms with E-state index in [1.807, 2.05) is 0 Å². The zero-order valence-electron chi connectivity index (χ0n) is 10.9. The molecule has 2 N–H and O–H groups in total. The van der Waals surface area contributed by atoms with E-state index in [1.54, 1.807) is 0 Å². The molecule has 1 aromatic heterocycles. The Morgan fingerprint density at radius 3 is 2.76 bits per heavy atom. The minimum atomic E-state index is -1.11. The molecule has 0 saturated carbocycles. The Balaban J connectivity index is 3.01. The number of anilines is 1. The lowest BCUT2D eigenvalue weighted by molar-refractivity contribution is -0.384. The molecule has 1 aromatic rings. The molecule has 114 valence electrons. The van der Waals surface area contributed by atoms with Gasteiger partial charge in [-0.1, -0.05) is 11.6 Å². The molecule has 0 fully saturated rings. The highest BCUT2D eigenvalue weighted by Gasteiger charge is 2.25. The highest BCUT2D eigenvalue weighted by Crippen LogP contribution is 2.25. The molecular formula is C11H12ClN3O6. The minimum absolute atomic E-state index is 0.00931. The first-order valence-electron chi connectivity index (χ1n) is 5.72. The number of hydrogen-bond acceptors (Lipinski definition) is 7.